The minimum Gasteiger partial charge on any atom is -0.207 e. The van der Waals surface area contributed by atoms with Gasteiger partial charge in [0.15, 0.2) is 0 Å². The van der Waals surface area contributed by atoms with E-state index >= 15 is 17.6 Å². The first kappa shape index (κ1) is 36.6. The number of hydrogen-bond acceptors (Lipinski definition) is 0. The third-order valence-electron chi connectivity index (χ3n) is 9.20. The molecule has 0 heterocycles. The molecule has 0 saturated carbocycles. The Kier molecular flexibility index (Phi) is 12.7. The molecular formula is C45H43F5. The van der Waals surface area contributed by atoms with E-state index in [-0.39, 0.29) is 11.4 Å². The molecule has 5 rings (SSSR count). The molecule has 0 spiro atoms. The molecule has 0 amide bonds. The van der Waals surface area contributed by atoms with E-state index in [1.807, 2.05) is 31.2 Å². The summed E-state index contributed by atoms with van der Waals surface area (Å²) in [6.45, 7) is 6.20. The predicted molar refractivity (Wildman–Crippen MR) is 195 cm³/mol. The number of halogens is 5. The monoisotopic (exact) mass is 678 g/mol. The maximum absolute atomic E-state index is 15.3. The SMILES string of the molecule is CCCCCc1cc(CC)c(C#Cc2cc(F)c(-c3c(F)cc(CCc4ccc(-c5ccc(CCCC)cc5)cc4)cc3F)c(F)c2)cc1F. The van der Waals surface area contributed by atoms with Crippen LogP contribution in [0.15, 0.2) is 84.9 Å². The lowest BCUT2D eigenvalue weighted by Crippen LogP contribution is -2.01. The minimum atomic E-state index is -1.14. The Labute approximate surface area is 293 Å². The lowest BCUT2D eigenvalue weighted by molar-refractivity contribution is 0.561. The zero-order valence-electron chi connectivity index (χ0n) is 29.0. The number of rotatable bonds is 13. The van der Waals surface area contributed by atoms with Crippen LogP contribution in [0.2, 0.25) is 0 Å². The van der Waals surface area contributed by atoms with Crippen molar-refractivity contribution in [2.24, 2.45) is 0 Å². The van der Waals surface area contributed by atoms with Crippen molar-refractivity contribution in [3.05, 3.63) is 153 Å². The summed E-state index contributed by atoms with van der Waals surface area (Å²) in [6, 6.07) is 24.0. The largest absolute Gasteiger partial charge is 0.207 e. The van der Waals surface area contributed by atoms with Crippen LogP contribution in [0.3, 0.4) is 0 Å². The van der Waals surface area contributed by atoms with E-state index < -0.39 is 34.4 Å². The lowest BCUT2D eigenvalue weighted by Gasteiger charge is -2.11. The molecule has 0 aliphatic heterocycles. The highest BCUT2D eigenvalue weighted by Crippen LogP contribution is 2.33. The smallest absolute Gasteiger partial charge is 0.135 e. The Balaban J connectivity index is 1.28. The van der Waals surface area contributed by atoms with Crippen LogP contribution in [0.25, 0.3) is 22.3 Å². The van der Waals surface area contributed by atoms with E-state index in [4.69, 9.17) is 0 Å². The third-order valence-corrected chi connectivity index (χ3v) is 9.20. The van der Waals surface area contributed by atoms with Gasteiger partial charge in [-0.1, -0.05) is 106 Å². The predicted octanol–water partition coefficient (Wildman–Crippen LogP) is 12.5. The van der Waals surface area contributed by atoms with Gasteiger partial charge < -0.3 is 0 Å². The molecule has 0 aliphatic rings. The van der Waals surface area contributed by atoms with Gasteiger partial charge >= 0.3 is 0 Å². The second-order valence-corrected chi connectivity index (χ2v) is 12.9. The molecule has 0 fully saturated rings. The van der Waals surface area contributed by atoms with Gasteiger partial charge in [0.1, 0.15) is 29.1 Å². The van der Waals surface area contributed by atoms with Crippen LogP contribution in [0.1, 0.15) is 91.8 Å². The quantitative estimate of drug-likeness (QED) is 0.0661. The Morgan fingerprint density at radius 3 is 1.50 bits per heavy atom. The molecule has 0 nitrogen and oxygen atoms in total. The van der Waals surface area contributed by atoms with Gasteiger partial charge in [0.05, 0.1) is 11.1 Å². The lowest BCUT2D eigenvalue weighted by atomic mass is 9.96. The van der Waals surface area contributed by atoms with Gasteiger partial charge in [-0.25, -0.2) is 22.0 Å². The Morgan fingerprint density at radius 1 is 0.440 bits per heavy atom. The van der Waals surface area contributed by atoms with E-state index in [9.17, 15) is 4.39 Å². The van der Waals surface area contributed by atoms with Crippen LogP contribution in [0, 0.1) is 40.9 Å². The highest BCUT2D eigenvalue weighted by atomic mass is 19.1. The molecule has 5 aromatic rings. The summed E-state index contributed by atoms with van der Waals surface area (Å²) < 4.78 is 76.0. The molecule has 0 aliphatic carbocycles. The molecule has 5 aromatic carbocycles. The second kappa shape index (κ2) is 17.3. The summed E-state index contributed by atoms with van der Waals surface area (Å²) in [5, 5.41) is 0. The van der Waals surface area contributed by atoms with Crippen LogP contribution >= 0.6 is 0 Å². The van der Waals surface area contributed by atoms with Crippen molar-refractivity contribution in [1.29, 1.82) is 0 Å². The average molecular weight is 679 g/mol. The maximum Gasteiger partial charge on any atom is 0.135 e. The minimum absolute atomic E-state index is 0.0225. The molecule has 258 valence electrons. The van der Waals surface area contributed by atoms with Crippen LogP contribution in [0.5, 0.6) is 0 Å². The zero-order chi connectivity index (χ0) is 35.6. The number of benzene rings is 5. The van der Waals surface area contributed by atoms with Crippen molar-refractivity contribution < 1.29 is 22.0 Å². The normalized spacial score (nSPS) is 11.0. The van der Waals surface area contributed by atoms with Gasteiger partial charge in [-0.3, -0.25) is 0 Å². The number of aryl methyl sites for hydroxylation is 5. The first-order chi connectivity index (χ1) is 24.2. The van der Waals surface area contributed by atoms with Gasteiger partial charge in [0, 0.05) is 11.1 Å². The van der Waals surface area contributed by atoms with E-state index in [2.05, 4.69) is 50.0 Å². The fourth-order valence-electron chi connectivity index (χ4n) is 6.26. The van der Waals surface area contributed by atoms with E-state index in [0.717, 1.165) is 78.6 Å². The van der Waals surface area contributed by atoms with E-state index in [0.29, 0.717) is 42.4 Å². The van der Waals surface area contributed by atoms with Crippen molar-refractivity contribution in [2.75, 3.05) is 0 Å². The zero-order valence-corrected chi connectivity index (χ0v) is 29.0. The van der Waals surface area contributed by atoms with Gasteiger partial charge in [0.2, 0.25) is 0 Å². The summed E-state index contributed by atoms with van der Waals surface area (Å²) in [6.07, 6.45) is 8.47. The molecule has 0 radical (unpaired) electrons. The molecule has 50 heavy (non-hydrogen) atoms. The van der Waals surface area contributed by atoms with Crippen LogP contribution in [0.4, 0.5) is 22.0 Å². The fourth-order valence-corrected chi connectivity index (χ4v) is 6.26. The fraction of sp³-hybridized carbons (Fsp3) is 0.289. The molecular weight excluding hydrogens is 635 g/mol. The van der Waals surface area contributed by atoms with Crippen molar-refractivity contribution in [1.82, 2.24) is 0 Å². The highest BCUT2D eigenvalue weighted by Gasteiger charge is 2.21. The van der Waals surface area contributed by atoms with Crippen LogP contribution in [-0.2, 0) is 32.1 Å². The number of hydrogen-bond donors (Lipinski definition) is 0. The van der Waals surface area contributed by atoms with Crippen LogP contribution in [-0.4, -0.2) is 0 Å². The molecule has 0 saturated heterocycles. The maximum atomic E-state index is 15.3. The average Bonchev–Trinajstić information content (AvgIpc) is 3.11. The summed E-state index contributed by atoms with van der Waals surface area (Å²) in [4.78, 5) is 0. The highest BCUT2D eigenvalue weighted by molar-refractivity contribution is 5.68. The van der Waals surface area contributed by atoms with Crippen molar-refractivity contribution in [3.8, 4) is 34.1 Å². The van der Waals surface area contributed by atoms with E-state index in [1.165, 1.54) is 18.1 Å². The van der Waals surface area contributed by atoms with Crippen molar-refractivity contribution in [3.63, 3.8) is 0 Å². The summed E-state index contributed by atoms with van der Waals surface area (Å²) in [5.41, 5.74) is 5.26. The number of unbranched alkanes of at least 4 members (excludes halogenated alkanes) is 3. The van der Waals surface area contributed by atoms with E-state index in [1.54, 1.807) is 6.07 Å². The van der Waals surface area contributed by atoms with Crippen molar-refractivity contribution in [2.45, 2.75) is 85.0 Å². The topological polar surface area (TPSA) is 0 Å². The molecule has 5 heteroatoms. The van der Waals surface area contributed by atoms with Gasteiger partial charge in [-0.15, -0.1) is 0 Å². The summed E-state index contributed by atoms with van der Waals surface area (Å²) in [5.74, 6) is 0.817. The molecule has 0 aromatic heterocycles. The van der Waals surface area contributed by atoms with Crippen LogP contribution < -0.4 is 0 Å². The first-order valence-electron chi connectivity index (χ1n) is 17.7. The van der Waals surface area contributed by atoms with Gasteiger partial charge in [0.25, 0.3) is 0 Å². The summed E-state index contributed by atoms with van der Waals surface area (Å²) >= 11 is 0. The van der Waals surface area contributed by atoms with Crippen molar-refractivity contribution >= 4 is 0 Å². The van der Waals surface area contributed by atoms with Gasteiger partial charge in [-0.05, 0) is 114 Å². The molecule has 0 N–H and O–H groups in total. The molecule has 0 unspecified atom stereocenters. The first-order valence-corrected chi connectivity index (χ1v) is 17.7. The second-order valence-electron chi connectivity index (χ2n) is 12.9. The van der Waals surface area contributed by atoms with Gasteiger partial charge in [-0.2, -0.15) is 0 Å². The Bertz CT molecular complexity index is 1930. The third kappa shape index (κ3) is 9.10. The Hall–Kier alpha value is -4.69. The standard InChI is InChI=1S/C45H43F5/c1-4-7-9-11-38-28-34(6-3)37(29-39(38)46)23-18-33-26-42(49)45(43(50)27-33)44-40(47)24-32(25-41(44)48)13-12-31-16-21-36(22-17-31)35-19-14-30(15-20-35)10-8-5-2/h14-17,19-22,24-29H,4-13H2,1-3H3. The summed E-state index contributed by atoms with van der Waals surface area (Å²) in [7, 11) is 0. The Morgan fingerprint density at radius 2 is 0.960 bits per heavy atom. The molecule has 0 atom stereocenters. The molecule has 0 bridgehead atoms.